The van der Waals surface area contributed by atoms with Crippen molar-refractivity contribution in [3.8, 4) is 11.5 Å². The fraction of sp³-hybridized carbons (Fsp3) is 0.545. The molecular weight excluding hydrogens is 416 g/mol. The Labute approximate surface area is 185 Å². The molecular formula is C22H32N4O4S. The lowest BCUT2D eigenvalue weighted by atomic mass is 9.81. The van der Waals surface area contributed by atoms with E-state index in [0.29, 0.717) is 17.3 Å². The van der Waals surface area contributed by atoms with Crippen LogP contribution in [-0.2, 0) is 6.54 Å². The van der Waals surface area contributed by atoms with Gasteiger partial charge in [0.15, 0.2) is 17.3 Å². The van der Waals surface area contributed by atoms with E-state index in [2.05, 4.69) is 21.8 Å². The fourth-order valence-corrected chi connectivity index (χ4v) is 6.97. The largest absolute Gasteiger partial charge is 0.504 e. The number of phenolic OH excluding ortho intramolecular Hbond substituents is 1. The summed E-state index contributed by atoms with van der Waals surface area (Å²) in [5.74, 6) is 1.56. The molecule has 9 heteroatoms. The Balaban J connectivity index is 1.51. The third kappa shape index (κ3) is 4.45. The summed E-state index contributed by atoms with van der Waals surface area (Å²) in [5, 5.41) is 10.1. The Morgan fingerprint density at radius 2 is 2.06 bits per heavy atom. The monoisotopic (exact) mass is 448 g/mol. The van der Waals surface area contributed by atoms with Crippen molar-refractivity contribution in [1.29, 1.82) is 0 Å². The zero-order valence-corrected chi connectivity index (χ0v) is 19.1. The summed E-state index contributed by atoms with van der Waals surface area (Å²) in [6.07, 6.45) is 7.16. The minimum Gasteiger partial charge on any atom is -0.504 e. The summed E-state index contributed by atoms with van der Waals surface area (Å²) >= 11 is 0. The van der Waals surface area contributed by atoms with E-state index in [9.17, 15) is 14.2 Å². The summed E-state index contributed by atoms with van der Waals surface area (Å²) < 4.78 is 29.1. The van der Waals surface area contributed by atoms with Gasteiger partial charge < -0.3 is 9.84 Å². The molecule has 2 aliphatic rings. The second kappa shape index (κ2) is 8.46. The van der Waals surface area contributed by atoms with E-state index in [1.54, 1.807) is 29.0 Å². The van der Waals surface area contributed by atoms with Gasteiger partial charge in [0.05, 0.1) is 23.6 Å². The number of hydrogen-bond acceptors (Lipinski definition) is 8. The second-order valence-corrected chi connectivity index (χ2v) is 10.9. The molecule has 1 spiro atoms. The lowest BCUT2D eigenvalue weighted by Crippen LogP contribution is -2.55. The molecule has 8 nitrogen and oxygen atoms in total. The maximum absolute atomic E-state index is 10.8. The molecule has 4 rings (SSSR count). The number of aromatic nitrogens is 2. The van der Waals surface area contributed by atoms with Crippen LogP contribution in [0.4, 0.5) is 5.82 Å². The van der Waals surface area contributed by atoms with E-state index in [1.807, 2.05) is 26.0 Å². The summed E-state index contributed by atoms with van der Waals surface area (Å²) in [6, 6.07) is 5.76. The van der Waals surface area contributed by atoms with E-state index in [1.165, 1.54) is 0 Å². The molecule has 0 bridgehead atoms. The van der Waals surface area contributed by atoms with Crippen LogP contribution < -0.4 is 9.04 Å². The van der Waals surface area contributed by atoms with Gasteiger partial charge >= 0.3 is 0 Å². The molecule has 2 atom stereocenters. The number of piperidine rings is 1. The van der Waals surface area contributed by atoms with Crippen molar-refractivity contribution < 1.29 is 18.9 Å². The maximum atomic E-state index is 10.8. The van der Waals surface area contributed by atoms with Gasteiger partial charge in [-0.05, 0) is 57.7 Å². The van der Waals surface area contributed by atoms with Crippen molar-refractivity contribution >= 4 is 16.6 Å². The second-order valence-electron chi connectivity index (χ2n) is 8.91. The Kier molecular flexibility index (Phi) is 6.04. The molecule has 170 valence electrons. The first-order valence-electron chi connectivity index (χ1n) is 10.8. The Morgan fingerprint density at radius 3 is 2.74 bits per heavy atom. The van der Waals surface area contributed by atoms with Crippen LogP contribution in [0.15, 0.2) is 36.8 Å². The van der Waals surface area contributed by atoms with Gasteiger partial charge in [0, 0.05) is 31.5 Å². The molecule has 0 radical (unpaired) electrons. The highest BCUT2D eigenvalue weighted by molar-refractivity contribution is 8.25. The number of anilines is 1. The maximum Gasteiger partial charge on any atom is 0.165 e. The highest BCUT2D eigenvalue weighted by atomic mass is 32.3. The molecule has 1 aromatic carbocycles. The molecule has 0 unspecified atom stereocenters. The van der Waals surface area contributed by atoms with Gasteiger partial charge in [0.1, 0.15) is 0 Å². The number of benzene rings is 1. The summed E-state index contributed by atoms with van der Waals surface area (Å²) in [4.78, 5) is 10.9. The van der Waals surface area contributed by atoms with Gasteiger partial charge in [-0.15, -0.1) is 10.8 Å². The molecule has 2 saturated heterocycles. The van der Waals surface area contributed by atoms with E-state index < -0.39 is 10.8 Å². The van der Waals surface area contributed by atoms with Crippen LogP contribution in [0.3, 0.4) is 0 Å². The molecule has 3 heterocycles. The van der Waals surface area contributed by atoms with Crippen LogP contribution in [0, 0.1) is 0 Å². The summed E-state index contributed by atoms with van der Waals surface area (Å²) in [7, 11) is -2.90. The molecule has 0 saturated carbocycles. The van der Waals surface area contributed by atoms with Crippen molar-refractivity contribution in [2.45, 2.75) is 64.3 Å². The van der Waals surface area contributed by atoms with Crippen molar-refractivity contribution in [3.05, 3.63) is 42.4 Å². The quantitative estimate of drug-likeness (QED) is 0.623. The van der Waals surface area contributed by atoms with Crippen LogP contribution in [0.2, 0.25) is 0 Å². The SMILES string of the molecule is CC(C)Oc1cc(CN2CC[C@]3(CCS(O)(O)N3c3cnccn3)C[C@@H]2C)ccc1O. The van der Waals surface area contributed by atoms with Crippen molar-refractivity contribution in [2.24, 2.45) is 0 Å². The van der Waals surface area contributed by atoms with Crippen molar-refractivity contribution in [3.63, 3.8) is 0 Å². The molecule has 0 aliphatic carbocycles. The van der Waals surface area contributed by atoms with Crippen molar-refractivity contribution in [2.75, 3.05) is 16.6 Å². The van der Waals surface area contributed by atoms with Crippen molar-refractivity contribution in [1.82, 2.24) is 14.9 Å². The van der Waals surface area contributed by atoms with E-state index in [-0.39, 0.29) is 23.4 Å². The van der Waals surface area contributed by atoms with Gasteiger partial charge in [-0.25, -0.2) is 9.29 Å². The van der Waals surface area contributed by atoms with Crippen LogP contribution in [-0.4, -0.2) is 59.1 Å². The smallest absolute Gasteiger partial charge is 0.165 e. The zero-order valence-electron chi connectivity index (χ0n) is 18.3. The first-order chi connectivity index (χ1) is 14.7. The van der Waals surface area contributed by atoms with Crippen LogP contribution in [0.25, 0.3) is 0 Å². The van der Waals surface area contributed by atoms with Gasteiger partial charge in [0.25, 0.3) is 0 Å². The molecule has 2 aliphatic heterocycles. The van der Waals surface area contributed by atoms with E-state index in [4.69, 9.17) is 4.74 Å². The molecule has 1 aromatic heterocycles. The first-order valence-corrected chi connectivity index (χ1v) is 12.4. The average molecular weight is 449 g/mol. The topological polar surface area (TPSA) is 102 Å². The Bertz CT molecular complexity index is 914. The lowest BCUT2D eigenvalue weighted by Gasteiger charge is -2.51. The van der Waals surface area contributed by atoms with Crippen LogP contribution in [0.1, 0.15) is 45.6 Å². The van der Waals surface area contributed by atoms with Gasteiger partial charge in [0.2, 0.25) is 0 Å². The Hall–Kier alpha value is -2.07. The Morgan fingerprint density at radius 1 is 1.26 bits per heavy atom. The van der Waals surface area contributed by atoms with Gasteiger partial charge in [-0.1, -0.05) is 6.07 Å². The first kappa shape index (κ1) is 22.1. The number of hydrogen-bond donors (Lipinski definition) is 3. The minimum absolute atomic E-state index is 0.0101. The van der Waals surface area contributed by atoms with Crippen LogP contribution in [0.5, 0.6) is 11.5 Å². The third-order valence-electron chi connectivity index (χ3n) is 6.26. The van der Waals surface area contributed by atoms with Crippen LogP contribution >= 0.6 is 10.8 Å². The number of likely N-dealkylation sites (tertiary alicyclic amines) is 1. The lowest BCUT2D eigenvalue weighted by molar-refractivity contribution is 0.102. The number of nitrogens with zero attached hydrogens (tertiary/aromatic N) is 4. The molecule has 2 aromatic rings. The van der Waals surface area contributed by atoms with E-state index >= 15 is 0 Å². The predicted octanol–water partition coefficient (Wildman–Crippen LogP) is 4.27. The summed E-state index contributed by atoms with van der Waals surface area (Å²) in [5.41, 5.74) is 0.754. The predicted molar refractivity (Wildman–Crippen MR) is 123 cm³/mol. The molecule has 31 heavy (non-hydrogen) atoms. The summed E-state index contributed by atoms with van der Waals surface area (Å²) in [6.45, 7) is 7.63. The molecule has 2 fully saturated rings. The number of phenols is 1. The minimum atomic E-state index is -2.90. The zero-order chi connectivity index (χ0) is 22.2. The van der Waals surface area contributed by atoms with Gasteiger partial charge in [-0.3, -0.25) is 19.0 Å². The number of ether oxygens (including phenoxy) is 1. The number of rotatable bonds is 5. The molecule has 0 amide bonds. The highest BCUT2D eigenvalue weighted by Gasteiger charge is 2.53. The standard InChI is InChI=1S/C22H32N4O4S/c1-16(2)30-20-12-18(4-5-19(20)27)15-25-10-6-22(13-17(25)3)7-11-31(28,29)26(22)21-14-23-8-9-24-21/h4-5,8-9,12,14,16-17,27-29H,6-7,10-11,13,15H2,1-3H3/t17-,22-/m0/s1. The third-order valence-corrected chi connectivity index (χ3v) is 8.17. The highest BCUT2D eigenvalue weighted by Crippen LogP contribution is 2.60. The average Bonchev–Trinajstić information content (AvgIpc) is 2.97. The normalized spacial score (nSPS) is 27.0. The molecule has 3 N–H and O–H groups in total. The van der Waals surface area contributed by atoms with E-state index in [0.717, 1.165) is 37.9 Å². The number of aromatic hydroxyl groups is 1. The van der Waals surface area contributed by atoms with Gasteiger partial charge in [-0.2, -0.15) is 0 Å². The fourth-order valence-electron chi connectivity index (χ4n) is 4.86.